The minimum absolute atomic E-state index is 0.624. The van der Waals surface area contributed by atoms with Gasteiger partial charge < -0.3 is 4.90 Å². The number of anilines is 1. The quantitative estimate of drug-likeness (QED) is 0.696. The Hall–Kier alpha value is -1.90. The van der Waals surface area contributed by atoms with Gasteiger partial charge in [-0.15, -0.1) is 0 Å². The summed E-state index contributed by atoms with van der Waals surface area (Å²) < 4.78 is 0. The molecule has 0 aliphatic heterocycles. The zero-order valence-corrected chi connectivity index (χ0v) is 8.77. The summed E-state index contributed by atoms with van der Waals surface area (Å²) in [5.74, 6) is 0.712. The molecular formula is C12H12N2O. The standard InChI is InChI=1S/C12H12N2O/c1-14(2)12-10(8-15)7-9-5-3-4-6-11(9)13-12/h3-8H,1-2H3. The molecule has 1 aromatic heterocycles. The molecule has 2 rings (SSSR count). The minimum atomic E-state index is 0.624. The van der Waals surface area contributed by atoms with Crippen molar-refractivity contribution >= 4 is 23.0 Å². The van der Waals surface area contributed by atoms with Crippen LogP contribution in [-0.2, 0) is 0 Å². The average Bonchev–Trinajstić information content (AvgIpc) is 2.27. The highest BCUT2D eigenvalue weighted by Crippen LogP contribution is 2.20. The minimum Gasteiger partial charge on any atom is -0.362 e. The van der Waals surface area contributed by atoms with Gasteiger partial charge in [0.1, 0.15) is 5.82 Å². The molecular weight excluding hydrogens is 188 g/mol. The summed E-state index contributed by atoms with van der Waals surface area (Å²) in [5, 5.41) is 0.991. The smallest absolute Gasteiger partial charge is 0.153 e. The number of aromatic nitrogens is 1. The van der Waals surface area contributed by atoms with Gasteiger partial charge in [0.15, 0.2) is 6.29 Å². The molecule has 1 aromatic carbocycles. The predicted molar refractivity (Wildman–Crippen MR) is 61.5 cm³/mol. The highest BCUT2D eigenvalue weighted by molar-refractivity contribution is 5.91. The Morgan fingerprint density at radius 3 is 2.67 bits per heavy atom. The topological polar surface area (TPSA) is 33.2 Å². The van der Waals surface area contributed by atoms with Crippen LogP contribution in [0.3, 0.4) is 0 Å². The normalized spacial score (nSPS) is 10.3. The lowest BCUT2D eigenvalue weighted by Gasteiger charge is -2.14. The molecule has 1 heterocycles. The molecule has 0 aliphatic carbocycles. The number of carbonyl (C=O) groups is 1. The third-order valence-corrected chi connectivity index (χ3v) is 2.28. The number of pyridine rings is 1. The second-order valence-corrected chi connectivity index (χ2v) is 3.61. The summed E-state index contributed by atoms with van der Waals surface area (Å²) in [6.45, 7) is 0. The van der Waals surface area contributed by atoms with E-state index in [0.29, 0.717) is 11.4 Å². The molecule has 2 aromatic rings. The van der Waals surface area contributed by atoms with Crippen LogP contribution in [0.4, 0.5) is 5.82 Å². The second-order valence-electron chi connectivity index (χ2n) is 3.61. The zero-order chi connectivity index (χ0) is 10.8. The van der Waals surface area contributed by atoms with E-state index in [1.807, 2.05) is 49.3 Å². The lowest BCUT2D eigenvalue weighted by Crippen LogP contribution is -2.13. The van der Waals surface area contributed by atoms with E-state index in [4.69, 9.17) is 0 Å². The predicted octanol–water partition coefficient (Wildman–Crippen LogP) is 2.11. The van der Waals surface area contributed by atoms with Crippen LogP contribution in [-0.4, -0.2) is 25.4 Å². The fourth-order valence-electron chi connectivity index (χ4n) is 1.57. The fraction of sp³-hybridized carbons (Fsp3) is 0.167. The zero-order valence-electron chi connectivity index (χ0n) is 8.77. The van der Waals surface area contributed by atoms with Crippen molar-refractivity contribution in [1.29, 1.82) is 0 Å². The molecule has 0 atom stereocenters. The number of nitrogens with zero attached hydrogens (tertiary/aromatic N) is 2. The number of fused-ring (bicyclic) bond motifs is 1. The van der Waals surface area contributed by atoms with E-state index in [2.05, 4.69) is 4.98 Å². The highest BCUT2D eigenvalue weighted by Gasteiger charge is 2.07. The number of benzene rings is 1. The van der Waals surface area contributed by atoms with Crippen molar-refractivity contribution in [2.75, 3.05) is 19.0 Å². The van der Waals surface area contributed by atoms with Gasteiger partial charge in [-0.1, -0.05) is 18.2 Å². The Morgan fingerprint density at radius 1 is 1.27 bits per heavy atom. The first-order valence-electron chi connectivity index (χ1n) is 4.74. The van der Waals surface area contributed by atoms with E-state index in [-0.39, 0.29) is 0 Å². The molecule has 0 bridgehead atoms. The lowest BCUT2D eigenvalue weighted by molar-refractivity contribution is 0.112. The molecule has 3 heteroatoms. The van der Waals surface area contributed by atoms with Gasteiger partial charge in [0.05, 0.1) is 11.1 Å². The third-order valence-electron chi connectivity index (χ3n) is 2.28. The van der Waals surface area contributed by atoms with Gasteiger partial charge in [0.2, 0.25) is 0 Å². The van der Waals surface area contributed by atoms with Crippen LogP contribution < -0.4 is 4.90 Å². The van der Waals surface area contributed by atoms with Crippen LogP contribution in [0.1, 0.15) is 10.4 Å². The third kappa shape index (κ3) is 1.68. The van der Waals surface area contributed by atoms with Gasteiger partial charge in [-0.2, -0.15) is 0 Å². The molecule has 0 unspecified atom stereocenters. The van der Waals surface area contributed by atoms with Crippen molar-refractivity contribution in [3.8, 4) is 0 Å². The van der Waals surface area contributed by atoms with Crippen molar-refractivity contribution in [2.45, 2.75) is 0 Å². The van der Waals surface area contributed by atoms with Gasteiger partial charge in [-0.25, -0.2) is 4.98 Å². The Morgan fingerprint density at radius 2 is 2.00 bits per heavy atom. The average molecular weight is 200 g/mol. The summed E-state index contributed by atoms with van der Waals surface area (Å²) in [6, 6.07) is 9.64. The van der Waals surface area contributed by atoms with Gasteiger partial charge in [0.25, 0.3) is 0 Å². The van der Waals surface area contributed by atoms with Crippen LogP contribution in [0.15, 0.2) is 30.3 Å². The monoisotopic (exact) mass is 200 g/mol. The van der Waals surface area contributed by atoms with E-state index in [0.717, 1.165) is 17.2 Å². The van der Waals surface area contributed by atoms with Crippen LogP contribution in [0, 0.1) is 0 Å². The number of hydrogen-bond acceptors (Lipinski definition) is 3. The van der Waals surface area contributed by atoms with Crippen molar-refractivity contribution in [3.05, 3.63) is 35.9 Å². The summed E-state index contributed by atoms with van der Waals surface area (Å²) in [6.07, 6.45) is 0.842. The first kappa shape index (κ1) is 9.65. The van der Waals surface area contributed by atoms with E-state index in [9.17, 15) is 4.79 Å². The molecule has 0 fully saturated rings. The molecule has 0 aliphatic rings. The van der Waals surface area contributed by atoms with Gasteiger partial charge in [0, 0.05) is 19.5 Å². The first-order chi connectivity index (χ1) is 7.22. The van der Waals surface area contributed by atoms with E-state index in [1.54, 1.807) is 0 Å². The van der Waals surface area contributed by atoms with Gasteiger partial charge in [-0.05, 0) is 12.1 Å². The van der Waals surface area contributed by atoms with E-state index in [1.165, 1.54) is 0 Å². The Labute approximate surface area is 88.3 Å². The molecule has 15 heavy (non-hydrogen) atoms. The van der Waals surface area contributed by atoms with Crippen molar-refractivity contribution in [2.24, 2.45) is 0 Å². The molecule has 0 amide bonds. The molecule has 0 saturated carbocycles. The Balaban J connectivity index is 2.74. The number of aldehydes is 1. The number of carbonyl (C=O) groups excluding carboxylic acids is 1. The number of para-hydroxylation sites is 1. The first-order valence-corrected chi connectivity index (χ1v) is 4.74. The molecule has 0 saturated heterocycles. The molecule has 0 radical (unpaired) electrons. The summed E-state index contributed by atoms with van der Waals surface area (Å²) in [5.41, 5.74) is 1.53. The maximum atomic E-state index is 10.9. The van der Waals surface area contributed by atoms with E-state index >= 15 is 0 Å². The van der Waals surface area contributed by atoms with Crippen LogP contribution in [0.5, 0.6) is 0 Å². The maximum Gasteiger partial charge on any atom is 0.153 e. The van der Waals surface area contributed by atoms with Gasteiger partial charge >= 0.3 is 0 Å². The van der Waals surface area contributed by atoms with Crippen molar-refractivity contribution < 1.29 is 4.79 Å². The van der Waals surface area contributed by atoms with Crippen molar-refractivity contribution in [3.63, 3.8) is 0 Å². The SMILES string of the molecule is CN(C)c1nc2ccccc2cc1C=O. The number of rotatable bonds is 2. The molecule has 3 nitrogen and oxygen atoms in total. The molecule has 76 valence electrons. The summed E-state index contributed by atoms with van der Waals surface area (Å²) in [4.78, 5) is 17.2. The second kappa shape index (κ2) is 3.69. The van der Waals surface area contributed by atoms with Crippen molar-refractivity contribution in [1.82, 2.24) is 4.98 Å². The maximum absolute atomic E-state index is 10.9. The van der Waals surface area contributed by atoms with Crippen LogP contribution >= 0.6 is 0 Å². The number of hydrogen-bond donors (Lipinski definition) is 0. The lowest BCUT2D eigenvalue weighted by atomic mass is 10.1. The Kier molecular flexibility index (Phi) is 2.37. The van der Waals surface area contributed by atoms with E-state index < -0.39 is 0 Å². The van der Waals surface area contributed by atoms with Crippen LogP contribution in [0.25, 0.3) is 10.9 Å². The largest absolute Gasteiger partial charge is 0.362 e. The molecule has 0 N–H and O–H groups in total. The fourth-order valence-corrected chi connectivity index (χ4v) is 1.57. The molecule has 0 spiro atoms. The van der Waals surface area contributed by atoms with Crippen LogP contribution in [0.2, 0.25) is 0 Å². The summed E-state index contributed by atoms with van der Waals surface area (Å²) >= 11 is 0. The van der Waals surface area contributed by atoms with Gasteiger partial charge in [-0.3, -0.25) is 4.79 Å². The summed E-state index contributed by atoms with van der Waals surface area (Å²) in [7, 11) is 3.76. The highest BCUT2D eigenvalue weighted by atomic mass is 16.1. The Bertz CT molecular complexity index is 506.